The lowest BCUT2D eigenvalue weighted by molar-refractivity contribution is 0.215. The fourth-order valence-electron chi connectivity index (χ4n) is 4.48. The summed E-state index contributed by atoms with van der Waals surface area (Å²) < 4.78 is 15.1. The maximum absolute atomic E-state index is 13.5. The quantitative estimate of drug-likeness (QED) is 0.415. The number of aromatic nitrogens is 3. The molecule has 0 saturated carbocycles. The zero-order valence-corrected chi connectivity index (χ0v) is 19.8. The lowest BCUT2D eigenvalue weighted by Crippen LogP contribution is -2.35. The highest BCUT2D eigenvalue weighted by molar-refractivity contribution is 7.18. The van der Waals surface area contributed by atoms with E-state index in [0.717, 1.165) is 52.3 Å². The maximum atomic E-state index is 13.5. The largest absolute Gasteiger partial charge is 0.298 e. The standard InChI is InChI=1S/C24H25FN4OS2/c1-15-13-31-21(27-15)12-28(2)18-6-7-19-20(11-18)32-23-22(19)24(30)29(14-26-23)9-8-16-4-3-5-17(25)10-16/h3-5,10,13-14,18H,6-9,11-12H2,1-2H3. The van der Waals surface area contributed by atoms with Crippen molar-refractivity contribution in [2.75, 3.05) is 7.05 Å². The van der Waals surface area contributed by atoms with Gasteiger partial charge in [0.05, 0.1) is 18.3 Å². The summed E-state index contributed by atoms with van der Waals surface area (Å²) in [5.74, 6) is -0.250. The molecule has 5 rings (SSSR count). The van der Waals surface area contributed by atoms with Gasteiger partial charge >= 0.3 is 0 Å². The molecule has 0 saturated heterocycles. The van der Waals surface area contributed by atoms with Gasteiger partial charge in [-0.3, -0.25) is 14.3 Å². The van der Waals surface area contributed by atoms with E-state index in [1.165, 1.54) is 22.6 Å². The van der Waals surface area contributed by atoms with Crippen LogP contribution in [0.4, 0.5) is 4.39 Å². The van der Waals surface area contributed by atoms with E-state index in [2.05, 4.69) is 27.3 Å². The normalized spacial score (nSPS) is 16.1. The molecule has 5 nitrogen and oxygen atoms in total. The van der Waals surface area contributed by atoms with Crippen molar-refractivity contribution < 1.29 is 4.39 Å². The zero-order valence-electron chi connectivity index (χ0n) is 18.2. The summed E-state index contributed by atoms with van der Waals surface area (Å²) in [6, 6.07) is 6.98. The maximum Gasteiger partial charge on any atom is 0.262 e. The van der Waals surface area contributed by atoms with Gasteiger partial charge in [0.15, 0.2) is 0 Å². The van der Waals surface area contributed by atoms with Crippen LogP contribution in [0.2, 0.25) is 0 Å². The molecule has 8 heteroatoms. The first kappa shape index (κ1) is 21.4. The Balaban J connectivity index is 1.35. The molecular formula is C24H25FN4OS2. The van der Waals surface area contributed by atoms with Crippen LogP contribution in [-0.2, 0) is 32.4 Å². The third-order valence-corrected chi connectivity index (χ3v) is 8.33. The first-order valence-corrected chi connectivity index (χ1v) is 12.5. The van der Waals surface area contributed by atoms with Crippen LogP contribution in [0.5, 0.6) is 0 Å². The summed E-state index contributed by atoms with van der Waals surface area (Å²) in [5, 5.41) is 4.03. The summed E-state index contributed by atoms with van der Waals surface area (Å²) in [6.07, 6.45) is 5.10. The Morgan fingerprint density at radius 2 is 2.22 bits per heavy atom. The Hall–Kier alpha value is -2.42. The summed E-state index contributed by atoms with van der Waals surface area (Å²) in [6.45, 7) is 3.38. The molecule has 1 aromatic carbocycles. The van der Waals surface area contributed by atoms with Gasteiger partial charge in [-0.1, -0.05) is 12.1 Å². The highest BCUT2D eigenvalue weighted by Crippen LogP contribution is 2.35. The van der Waals surface area contributed by atoms with E-state index in [-0.39, 0.29) is 11.4 Å². The lowest BCUT2D eigenvalue weighted by Gasteiger charge is -2.30. The van der Waals surface area contributed by atoms with Crippen molar-refractivity contribution in [3.63, 3.8) is 0 Å². The fraction of sp³-hybridized carbons (Fsp3) is 0.375. The molecule has 0 fully saturated rings. The molecule has 32 heavy (non-hydrogen) atoms. The van der Waals surface area contributed by atoms with Gasteiger partial charge < -0.3 is 0 Å². The van der Waals surface area contributed by atoms with E-state index in [9.17, 15) is 9.18 Å². The Labute approximate surface area is 194 Å². The van der Waals surface area contributed by atoms with Crippen molar-refractivity contribution in [3.05, 3.63) is 78.8 Å². The van der Waals surface area contributed by atoms with E-state index >= 15 is 0 Å². The molecule has 0 spiro atoms. The average Bonchev–Trinajstić information content (AvgIpc) is 3.35. The van der Waals surface area contributed by atoms with Crippen LogP contribution in [0.15, 0.2) is 40.8 Å². The van der Waals surface area contributed by atoms with Crippen LogP contribution in [0.1, 0.15) is 33.1 Å². The summed E-state index contributed by atoms with van der Waals surface area (Å²) >= 11 is 3.37. The van der Waals surface area contributed by atoms with Crippen molar-refractivity contribution in [1.29, 1.82) is 0 Å². The Bertz CT molecular complexity index is 1330. The second-order valence-corrected chi connectivity index (χ2v) is 10.5. The predicted octanol–water partition coefficient (Wildman–Crippen LogP) is 4.59. The molecule has 0 radical (unpaired) electrons. The molecule has 1 unspecified atom stereocenters. The van der Waals surface area contributed by atoms with Crippen LogP contribution < -0.4 is 5.56 Å². The Kier molecular flexibility index (Phi) is 5.92. The smallest absolute Gasteiger partial charge is 0.262 e. The Morgan fingerprint density at radius 3 is 3.00 bits per heavy atom. The monoisotopic (exact) mass is 468 g/mol. The molecular weight excluding hydrogens is 443 g/mol. The molecule has 0 N–H and O–H groups in total. The highest BCUT2D eigenvalue weighted by atomic mass is 32.1. The van der Waals surface area contributed by atoms with E-state index in [0.29, 0.717) is 19.0 Å². The van der Waals surface area contributed by atoms with Gasteiger partial charge in [0, 0.05) is 28.5 Å². The van der Waals surface area contributed by atoms with Crippen LogP contribution >= 0.6 is 22.7 Å². The molecule has 1 aliphatic carbocycles. The van der Waals surface area contributed by atoms with Crippen LogP contribution in [0.3, 0.4) is 0 Å². The fourth-order valence-corrected chi connectivity index (χ4v) is 6.56. The number of halogens is 1. The van der Waals surface area contributed by atoms with Gasteiger partial charge in [-0.25, -0.2) is 14.4 Å². The van der Waals surface area contributed by atoms with Gasteiger partial charge in [0.1, 0.15) is 15.7 Å². The van der Waals surface area contributed by atoms with Crippen LogP contribution in [0.25, 0.3) is 10.2 Å². The van der Waals surface area contributed by atoms with Gasteiger partial charge in [-0.15, -0.1) is 22.7 Å². The second kappa shape index (κ2) is 8.84. The van der Waals surface area contributed by atoms with E-state index in [1.807, 2.05) is 13.0 Å². The average molecular weight is 469 g/mol. The first-order chi connectivity index (χ1) is 15.5. The first-order valence-electron chi connectivity index (χ1n) is 10.8. The second-order valence-electron chi connectivity index (χ2n) is 8.50. The van der Waals surface area contributed by atoms with Crippen molar-refractivity contribution >= 4 is 32.9 Å². The molecule has 4 aromatic rings. The van der Waals surface area contributed by atoms with Crippen LogP contribution in [0, 0.1) is 12.7 Å². The molecule has 0 amide bonds. The molecule has 0 bridgehead atoms. The van der Waals surface area contributed by atoms with Crippen LogP contribution in [-0.4, -0.2) is 32.5 Å². The number of rotatable bonds is 6. The topological polar surface area (TPSA) is 51.0 Å². The van der Waals surface area contributed by atoms with Gasteiger partial charge in [-0.05, 0) is 62.9 Å². The summed E-state index contributed by atoms with van der Waals surface area (Å²) in [4.78, 5) is 26.9. The number of likely N-dealkylation sites (N-methyl/N-ethyl adjacent to an activating group) is 1. The van der Waals surface area contributed by atoms with Gasteiger partial charge in [0.2, 0.25) is 0 Å². The number of thiophene rings is 1. The molecule has 166 valence electrons. The number of nitrogens with zero attached hydrogens (tertiary/aromatic N) is 4. The predicted molar refractivity (Wildman–Crippen MR) is 128 cm³/mol. The minimum Gasteiger partial charge on any atom is -0.298 e. The van der Waals surface area contributed by atoms with Crippen molar-refractivity contribution in [1.82, 2.24) is 19.4 Å². The summed E-state index contributed by atoms with van der Waals surface area (Å²) in [5.41, 5.74) is 3.16. The molecule has 1 aliphatic rings. The van der Waals surface area contributed by atoms with Gasteiger partial charge in [-0.2, -0.15) is 0 Å². The molecule has 0 aliphatic heterocycles. The number of fused-ring (bicyclic) bond motifs is 3. The number of hydrogen-bond donors (Lipinski definition) is 0. The number of hydrogen-bond acceptors (Lipinski definition) is 6. The van der Waals surface area contributed by atoms with E-state index in [4.69, 9.17) is 0 Å². The van der Waals surface area contributed by atoms with E-state index < -0.39 is 0 Å². The molecule has 3 aromatic heterocycles. The highest BCUT2D eigenvalue weighted by Gasteiger charge is 2.27. The minimum atomic E-state index is -0.250. The Morgan fingerprint density at radius 1 is 1.34 bits per heavy atom. The number of aryl methyl sites for hydroxylation is 4. The third-order valence-electron chi connectivity index (χ3n) is 6.21. The lowest BCUT2D eigenvalue weighted by atomic mass is 9.92. The van der Waals surface area contributed by atoms with Crippen molar-refractivity contribution in [2.45, 2.75) is 51.7 Å². The third kappa shape index (κ3) is 4.27. The van der Waals surface area contributed by atoms with E-state index in [1.54, 1.807) is 39.6 Å². The van der Waals surface area contributed by atoms with Crippen molar-refractivity contribution in [2.24, 2.45) is 0 Å². The van der Waals surface area contributed by atoms with Crippen molar-refractivity contribution in [3.8, 4) is 0 Å². The molecule has 1 atom stereocenters. The zero-order chi connectivity index (χ0) is 22.2. The SMILES string of the molecule is Cc1csc(CN(C)C2CCc3c(sc4ncn(CCc5cccc(F)c5)c(=O)c34)C2)n1. The molecule has 3 heterocycles. The number of thiazole rings is 1. The van der Waals surface area contributed by atoms with Gasteiger partial charge in [0.25, 0.3) is 5.56 Å². The minimum absolute atomic E-state index is 0.0222. The number of benzene rings is 1. The summed E-state index contributed by atoms with van der Waals surface area (Å²) in [7, 11) is 2.16.